The second-order valence-electron chi connectivity index (χ2n) is 4.47. The second-order valence-corrected chi connectivity index (χ2v) is 5.61. The summed E-state index contributed by atoms with van der Waals surface area (Å²) in [4.78, 5) is 0. The lowest BCUT2D eigenvalue weighted by Crippen LogP contribution is -2.06. The van der Waals surface area contributed by atoms with Crippen molar-refractivity contribution in [3.05, 3.63) is 15.1 Å². The smallest absolute Gasteiger partial charge is 0.206 e. The Morgan fingerprint density at radius 1 is 0.571 bits per heavy atom. The monoisotopic (exact) mass is 354 g/mol. The van der Waals surface area contributed by atoms with Gasteiger partial charge in [-0.3, -0.25) is 0 Å². The largest absolute Gasteiger partial charge is 0.488 e. The van der Waals surface area contributed by atoms with Crippen LogP contribution in [0.25, 0.3) is 0 Å². The maximum absolute atomic E-state index is 6.25. The number of halogens is 3. The van der Waals surface area contributed by atoms with Crippen molar-refractivity contribution in [1.82, 2.24) is 0 Å². The molecule has 0 bridgehead atoms. The van der Waals surface area contributed by atoms with E-state index in [-0.39, 0.29) is 15.1 Å². The van der Waals surface area contributed by atoms with Gasteiger partial charge in [0.15, 0.2) is 11.5 Å². The van der Waals surface area contributed by atoms with Crippen molar-refractivity contribution in [2.24, 2.45) is 0 Å². The zero-order chi connectivity index (χ0) is 15.8. The average molecular weight is 356 g/mol. The first kappa shape index (κ1) is 18.5. The summed E-state index contributed by atoms with van der Waals surface area (Å²) in [6, 6.07) is 0. The third kappa shape index (κ3) is 4.73. The van der Waals surface area contributed by atoms with E-state index in [1.54, 1.807) is 0 Å². The second kappa shape index (κ2) is 9.50. The number of hydrogen-bond donors (Lipinski definition) is 0. The molecule has 0 aliphatic heterocycles. The first-order valence-electron chi connectivity index (χ1n) is 7.17. The minimum absolute atomic E-state index is 0.222. The normalized spacial score (nSPS) is 10.6. The van der Waals surface area contributed by atoms with Gasteiger partial charge in [0.2, 0.25) is 5.75 Å². The first-order valence-corrected chi connectivity index (χ1v) is 8.30. The van der Waals surface area contributed by atoms with Gasteiger partial charge in [-0.25, -0.2) is 0 Å². The van der Waals surface area contributed by atoms with Gasteiger partial charge in [0.25, 0.3) is 0 Å². The Morgan fingerprint density at radius 3 is 1.24 bits per heavy atom. The lowest BCUT2D eigenvalue weighted by molar-refractivity contribution is 0.243. The molecular weight excluding hydrogens is 335 g/mol. The van der Waals surface area contributed by atoms with Crippen LogP contribution in [0, 0.1) is 0 Å². The maximum atomic E-state index is 6.25. The van der Waals surface area contributed by atoms with Crippen LogP contribution in [0.1, 0.15) is 40.0 Å². The molecule has 0 N–H and O–H groups in total. The fourth-order valence-electron chi connectivity index (χ4n) is 1.60. The van der Waals surface area contributed by atoms with E-state index in [1.807, 2.05) is 20.8 Å². The molecule has 120 valence electrons. The summed E-state index contributed by atoms with van der Waals surface area (Å²) in [5, 5.41) is 0.731. The van der Waals surface area contributed by atoms with E-state index in [9.17, 15) is 0 Å². The SMILES string of the molecule is CCCOc1c(Cl)c(Cl)c(Cl)c(OCCC)c1OCCC. The summed E-state index contributed by atoms with van der Waals surface area (Å²) in [7, 11) is 0. The van der Waals surface area contributed by atoms with Gasteiger partial charge >= 0.3 is 0 Å². The Labute approximate surface area is 141 Å². The van der Waals surface area contributed by atoms with Crippen LogP contribution in [0.2, 0.25) is 15.1 Å². The zero-order valence-corrected chi connectivity index (χ0v) is 14.9. The van der Waals surface area contributed by atoms with E-state index < -0.39 is 0 Å². The molecule has 0 aromatic heterocycles. The zero-order valence-electron chi connectivity index (χ0n) is 12.6. The number of benzene rings is 1. The predicted molar refractivity (Wildman–Crippen MR) is 88.8 cm³/mol. The molecule has 21 heavy (non-hydrogen) atoms. The minimum Gasteiger partial charge on any atom is -0.488 e. The Hall–Kier alpha value is -0.510. The van der Waals surface area contributed by atoms with E-state index in [0.29, 0.717) is 37.1 Å². The average Bonchev–Trinajstić information content (AvgIpc) is 2.49. The number of ether oxygens (including phenoxy) is 3. The van der Waals surface area contributed by atoms with E-state index in [4.69, 9.17) is 49.0 Å². The van der Waals surface area contributed by atoms with E-state index in [0.717, 1.165) is 19.3 Å². The summed E-state index contributed by atoms with van der Waals surface area (Å²) in [6.07, 6.45) is 2.53. The van der Waals surface area contributed by atoms with Crippen LogP contribution in [0.5, 0.6) is 17.2 Å². The van der Waals surface area contributed by atoms with Crippen LogP contribution in [-0.2, 0) is 0 Å². The molecule has 1 aromatic rings. The van der Waals surface area contributed by atoms with E-state index in [2.05, 4.69) is 0 Å². The number of hydrogen-bond acceptors (Lipinski definition) is 3. The fraction of sp³-hybridized carbons (Fsp3) is 0.600. The molecule has 1 rings (SSSR count). The summed E-state index contributed by atoms with van der Waals surface area (Å²) in [6.45, 7) is 7.55. The van der Waals surface area contributed by atoms with Crippen LogP contribution in [-0.4, -0.2) is 19.8 Å². The van der Waals surface area contributed by atoms with Gasteiger partial charge in [0, 0.05) is 0 Å². The number of rotatable bonds is 9. The molecule has 0 aliphatic carbocycles. The minimum atomic E-state index is 0.222. The highest BCUT2D eigenvalue weighted by atomic mass is 35.5. The highest BCUT2D eigenvalue weighted by Gasteiger charge is 2.25. The topological polar surface area (TPSA) is 27.7 Å². The Kier molecular flexibility index (Phi) is 8.38. The van der Waals surface area contributed by atoms with Crippen LogP contribution in [0.15, 0.2) is 0 Å². The van der Waals surface area contributed by atoms with Gasteiger partial charge in [-0.1, -0.05) is 55.6 Å². The van der Waals surface area contributed by atoms with Gasteiger partial charge in [-0.2, -0.15) is 0 Å². The van der Waals surface area contributed by atoms with Gasteiger partial charge in [-0.15, -0.1) is 0 Å². The van der Waals surface area contributed by atoms with Crippen molar-refractivity contribution in [2.75, 3.05) is 19.8 Å². The summed E-state index contributed by atoms with van der Waals surface area (Å²) in [5.41, 5.74) is 0. The van der Waals surface area contributed by atoms with Crippen LogP contribution in [0.4, 0.5) is 0 Å². The molecule has 0 atom stereocenters. The Balaban J connectivity index is 3.32. The quantitative estimate of drug-likeness (QED) is 0.507. The summed E-state index contributed by atoms with van der Waals surface area (Å²) < 4.78 is 17.1. The van der Waals surface area contributed by atoms with Gasteiger partial charge in [0.1, 0.15) is 10.0 Å². The van der Waals surface area contributed by atoms with Crippen molar-refractivity contribution in [2.45, 2.75) is 40.0 Å². The molecule has 0 amide bonds. The van der Waals surface area contributed by atoms with Crippen molar-refractivity contribution in [1.29, 1.82) is 0 Å². The van der Waals surface area contributed by atoms with Crippen LogP contribution in [0.3, 0.4) is 0 Å². The molecule has 0 fully saturated rings. The molecule has 0 saturated carbocycles. The molecule has 0 radical (unpaired) electrons. The molecule has 0 aliphatic rings. The van der Waals surface area contributed by atoms with Crippen molar-refractivity contribution in [3.8, 4) is 17.2 Å². The fourth-order valence-corrected chi connectivity index (χ4v) is 2.29. The molecular formula is C15H21Cl3O3. The maximum Gasteiger partial charge on any atom is 0.206 e. The van der Waals surface area contributed by atoms with Gasteiger partial charge < -0.3 is 14.2 Å². The molecule has 0 saturated heterocycles. The highest BCUT2D eigenvalue weighted by Crippen LogP contribution is 2.52. The molecule has 1 aromatic carbocycles. The standard InChI is InChI=1S/C15H21Cl3O3/c1-4-7-19-13-11(17)10(16)12(18)14(20-8-5-2)15(13)21-9-6-3/h4-9H2,1-3H3. The summed E-state index contributed by atoms with van der Waals surface area (Å²) in [5.74, 6) is 1.22. The van der Waals surface area contributed by atoms with Crippen LogP contribution >= 0.6 is 34.8 Å². The third-order valence-electron chi connectivity index (χ3n) is 2.55. The summed E-state index contributed by atoms with van der Waals surface area (Å²) >= 11 is 18.7. The van der Waals surface area contributed by atoms with Crippen molar-refractivity contribution in [3.63, 3.8) is 0 Å². The third-order valence-corrected chi connectivity index (χ3v) is 3.84. The van der Waals surface area contributed by atoms with Gasteiger partial charge in [-0.05, 0) is 19.3 Å². The van der Waals surface area contributed by atoms with Gasteiger partial charge in [0.05, 0.1) is 24.8 Å². The van der Waals surface area contributed by atoms with Crippen molar-refractivity contribution >= 4 is 34.8 Å². The molecule has 3 nitrogen and oxygen atoms in total. The Bertz CT molecular complexity index is 429. The van der Waals surface area contributed by atoms with Crippen LogP contribution < -0.4 is 14.2 Å². The van der Waals surface area contributed by atoms with E-state index >= 15 is 0 Å². The predicted octanol–water partition coefficient (Wildman–Crippen LogP) is 6.01. The molecule has 0 heterocycles. The lowest BCUT2D eigenvalue weighted by atomic mass is 10.2. The van der Waals surface area contributed by atoms with E-state index in [1.165, 1.54) is 0 Å². The molecule has 0 unspecified atom stereocenters. The highest BCUT2D eigenvalue weighted by molar-refractivity contribution is 6.49. The Morgan fingerprint density at radius 2 is 0.905 bits per heavy atom. The molecule has 6 heteroatoms. The molecule has 0 spiro atoms. The first-order chi connectivity index (χ1) is 10.1. The lowest BCUT2D eigenvalue weighted by Gasteiger charge is -2.20. The van der Waals surface area contributed by atoms with Crippen molar-refractivity contribution < 1.29 is 14.2 Å².